The minimum absolute atomic E-state index is 0.746. The molecule has 1 saturated heterocycles. The molecule has 1 fully saturated rings. The Balaban J connectivity index is 2.56. The van der Waals surface area contributed by atoms with E-state index in [4.69, 9.17) is 5.73 Å². The van der Waals surface area contributed by atoms with E-state index in [-0.39, 0.29) is 0 Å². The fourth-order valence-electron chi connectivity index (χ4n) is 2.43. The SMILES string of the molecule is CC(C)[C@@H]1CC(CN)CCCN1C. The van der Waals surface area contributed by atoms with Gasteiger partial charge in [0.05, 0.1) is 0 Å². The Morgan fingerprint density at radius 2 is 2.15 bits per heavy atom. The van der Waals surface area contributed by atoms with Crippen molar-refractivity contribution >= 4 is 0 Å². The van der Waals surface area contributed by atoms with Crippen molar-refractivity contribution in [3.63, 3.8) is 0 Å². The maximum atomic E-state index is 5.76. The Labute approximate surface area is 82.5 Å². The minimum atomic E-state index is 0.746. The maximum absolute atomic E-state index is 5.76. The lowest BCUT2D eigenvalue weighted by atomic mass is 9.91. The molecular formula is C11H24N2. The zero-order valence-electron chi connectivity index (χ0n) is 9.29. The van der Waals surface area contributed by atoms with Crippen molar-refractivity contribution in [3.8, 4) is 0 Å². The third-order valence-corrected chi connectivity index (χ3v) is 3.37. The van der Waals surface area contributed by atoms with Gasteiger partial charge in [-0.1, -0.05) is 13.8 Å². The molecule has 0 aliphatic carbocycles. The van der Waals surface area contributed by atoms with Crippen LogP contribution in [-0.2, 0) is 0 Å². The lowest BCUT2D eigenvalue weighted by molar-refractivity contribution is 0.185. The van der Waals surface area contributed by atoms with Gasteiger partial charge in [0, 0.05) is 6.04 Å². The van der Waals surface area contributed by atoms with Crippen LogP contribution in [0, 0.1) is 11.8 Å². The molecule has 0 spiro atoms. The van der Waals surface area contributed by atoms with Crippen LogP contribution in [-0.4, -0.2) is 31.1 Å². The van der Waals surface area contributed by atoms with Gasteiger partial charge in [0.2, 0.25) is 0 Å². The molecule has 2 nitrogen and oxygen atoms in total. The first-order chi connectivity index (χ1) is 6.15. The van der Waals surface area contributed by atoms with Gasteiger partial charge in [-0.15, -0.1) is 0 Å². The first kappa shape index (κ1) is 11.0. The summed E-state index contributed by atoms with van der Waals surface area (Å²) >= 11 is 0. The average molecular weight is 184 g/mol. The van der Waals surface area contributed by atoms with Crippen molar-refractivity contribution < 1.29 is 0 Å². The molecule has 1 rings (SSSR count). The summed E-state index contributed by atoms with van der Waals surface area (Å²) in [5.74, 6) is 1.52. The highest BCUT2D eigenvalue weighted by Crippen LogP contribution is 2.24. The first-order valence-corrected chi connectivity index (χ1v) is 5.55. The lowest BCUT2D eigenvalue weighted by Gasteiger charge is -2.30. The van der Waals surface area contributed by atoms with Crippen LogP contribution in [0.2, 0.25) is 0 Å². The van der Waals surface area contributed by atoms with Gasteiger partial charge in [-0.25, -0.2) is 0 Å². The second-order valence-electron chi connectivity index (χ2n) is 4.77. The summed E-state index contributed by atoms with van der Waals surface area (Å²) in [6, 6.07) is 0.746. The molecule has 1 heterocycles. The van der Waals surface area contributed by atoms with Crippen molar-refractivity contribution in [2.75, 3.05) is 20.1 Å². The Hall–Kier alpha value is -0.0800. The Morgan fingerprint density at radius 3 is 2.69 bits per heavy atom. The summed E-state index contributed by atoms with van der Waals surface area (Å²) in [4.78, 5) is 2.51. The minimum Gasteiger partial charge on any atom is -0.330 e. The summed E-state index contributed by atoms with van der Waals surface area (Å²) in [5, 5.41) is 0. The van der Waals surface area contributed by atoms with Crippen LogP contribution >= 0.6 is 0 Å². The predicted molar refractivity (Wildman–Crippen MR) is 57.7 cm³/mol. The van der Waals surface area contributed by atoms with Crippen molar-refractivity contribution in [1.82, 2.24) is 4.90 Å². The second kappa shape index (κ2) is 4.97. The number of nitrogens with zero attached hydrogens (tertiary/aromatic N) is 1. The van der Waals surface area contributed by atoms with Gasteiger partial charge >= 0.3 is 0 Å². The van der Waals surface area contributed by atoms with Crippen LogP contribution < -0.4 is 5.73 Å². The largest absolute Gasteiger partial charge is 0.330 e. The van der Waals surface area contributed by atoms with E-state index in [1.54, 1.807) is 0 Å². The molecule has 0 saturated carbocycles. The van der Waals surface area contributed by atoms with E-state index in [0.29, 0.717) is 0 Å². The molecule has 78 valence electrons. The summed E-state index contributed by atoms with van der Waals surface area (Å²) in [5.41, 5.74) is 5.76. The van der Waals surface area contributed by atoms with E-state index >= 15 is 0 Å². The Bertz CT molecular complexity index is 145. The van der Waals surface area contributed by atoms with Crippen LogP contribution in [0.3, 0.4) is 0 Å². The number of hydrogen-bond acceptors (Lipinski definition) is 2. The summed E-state index contributed by atoms with van der Waals surface area (Å²) in [6.07, 6.45) is 3.94. The summed E-state index contributed by atoms with van der Waals surface area (Å²) in [6.45, 7) is 6.76. The van der Waals surface area contributed by atoms with Crippen LogP contribution in [0.25, 0.3) is 0 Å². The van der Waals surface area contributed by atoms with Crippen molar-refractivity contribution in [2.24, 2.45) is 17.6 Å². The highest BCUT2D eigenvalue weighted by atomic mass is 15.1. The van der Waals surface area contributed by atoms with E-state index in [9.17, 15) is 0 Å². The Morgan fingerprint density at radius 1 is 1.46 bits per heavy atom. The highest BCUT2D eigenvalue weighted by Gasteiger charge is 2.25. The lowest BCUT2D eigenvalue weighted by Crippen LogP contribution is -2.36. The van der Waals surface area contributed by atoms with Gasteiger partial charge in [0.1, 0.15) is 0 Å². The van der Waals surface area contributed by atoms with E-state index in [0.717, 1.165) is 24.4 Å². The summed E-state index contributed by atoms with van der Waals surface area (Å²) < 4.78 is 0. The van der Waals surface area contributed by atoms with Gasteiger partial charge in [-0.2, -0.15) is 0 Å². The van der Waals surface area contributed by atoms with E-state index < -0.39 is 0 Å². The van der Waals surface area contributed by atoms with Gasteiger partial charge in [0.15, 0.2) is 0 Å². The van der Waals surface area contributed by atoms with Gasteiger partial charge in [0.25, 0.3) is 0 Å². The van der Waals surface area contributed by atoms with Gasteiger partial charge < -0.3 is 10.6 Å². The number of nitrogens with two attached hydrogens (primary N) is 1. The van der Waals surface area contributed by atoms with Crippen molar-refractivity contribution in [2.45, 2.75) is 39.2 Å². The normalized spacial score (nSPS) is 32.1. The number of rotatable bonds is 2. The molecular weight excluding hydrogens is 160 g/mol. The van der Waals surface area contributed by atoms with Crippen LogP contribution in [0.1, 0.15) is 33.1 Å². The third-order valence-electron chi connectivity index (χ3n) is 3.37. The van der Waals surface area contributed by atoms with Gasteiger partial charge in [-0.3, -0.25) is 0 Å². The molecule has 0 aromatic carbocycles. The maximum Gasteiger partial charge on any atom is 0.0118 e. The van der Waals surface area contributed by atoms with Crippen LogP contribution in [0.5, 0.6) is 0 Å². The second-order valence-corrected chi connectivity index (χ2v) is 4.77. The Kier molecular flexibility index (Phi) is 4.20. The summed E-state index contributed by atoms with van der Waals surface area (Å²) in [7, 11) is 2.25. The fraction of sp³-hybridized carbons (Fsp3) is 1.00. The third kappa shape index (κ3) is 2.96. The molecule has 1 unspecified atom stereocenters. The quantitative estimate of drug-likeness (QED) is 0.708. The monoisotopic (exact) mass is 184 g/mol. The first-order valence-electron chi connectivity index (χ1n) is 5.55. The molecule has 2 atom stereocenters. The molecule has 0 bridgehead atoms. The topological polar surface area (TPSA) is 29.3 Å². The van der Waals surface area contributed by atoms with E-state index in [2.05, 4.69) is 25.8 Å². The molecule has 0 amide bonds. The highest BCUT2D eigenvalue weighted by molar-refractivity contribution is 4.80. The van der Waals surface area contributed by atoms with Crippen molar-refractivity contribution in [3.05, 3.63) is 0 Å². The average Bonchev–Trinajstić information content (AvgIpc) is 2.26. The van der Waals surface area contributed by atoms with Crippen LogP contribution in [0.4, 0.5) is 0 Å². The predicted octanol–water partition coefficient (Wildman–Crippen LogP) is 1.70. The van der Waals surface area contributed by atoms with Crippen LogP contribution in [0.15, 0.2) is 0 Å². The van der Waals surface area contributed by atoms with Gasteiger partial charge in [-0.05, 0) is 51.2 Å². The zero-order chi connectivity index (χ0) is 9.84. The molecule has 0 aromatic heterocycles. The molecule has 2 heteroatoms. The van der Waals surface area contributed by atoms with E-state index in [1.807, 2.05) is 0 Å². The molecule has 13 heavy (non-hydrogen) atoms. The molecule has 1 aliphatic heterocycles. The number of likely N-dealkylation sites (tertiary alicyclic amines) is 1. The molecule has 0 aromatic rings. The van der Waals surface area contributed by atoms with Crippen molar-refractivity contribution in [1.29, 1.82) is 0 Å². The molecule has 1 aliphatic rings. The fourth-order valence-corrected chi connectivity index (χ4v) is 2.43. The molecule has 2 N–H and O–H groups in total. The number of hydrogen-bond donors (Lipinski definition) is 1. The molecule has 0 radical (unpaired) electrons. The standard InChI is InChI=1S/C11H24N2/c1-9(2)11-7-10(8-12)5-4-6-13(11)3/h9-11H,4-8,12H2,1-3H3/t10?,11-/m0/s1. The zero-order valence-corrected chi connectivity index (χ0v) is 9.29. The van der Waals surface area contributed by atoms with E-state index in [1.165, 1.54) is 25.8 Å². The smallest absolute Gasteiger partial charge is 0.0118 e.